The van der Waals surface area contributed by atoms with Crippen LogP contribution in [0.2, 0.25) is 0 Å². The molecule has 0 radical (unpaired) electrons. The number of carbonyl (C=O) groups is 2. The van der Waals surface area contributed by atoms with E-state index in [-0.39, 0.29) is 23.9 Å². The molecule has 0 aliphatic heterocycles. The molecule has 0 saturated carbocycles. The van der Waals surface area contributed by atoms with Gasteiger partial charge in [-0.05, 0) is 48.9 Å². The van der Waals surface area contributed by atoms with Crippen LogP contribution in [-0.2, 0) is 4.79 Å². The molecule has 1 atom stereocenters. The average Bonchev–Trinajstić information content (AvgIpc) is 2.76. The Morgan fingerprint density at radius 2 is 1.73 bits per heavy atom. The van der Waals surface area contributed by atoms with Gasteiger partial charge in [-0.25, -0.2) is 4.39 Å². The maximum atomic E-state index is 14.1. The quantitative estimate of drug-likeness (QED) is 0.623. The van der Waals surface area contributed by atoms with Crippen molar-refractivity contribution in [2.45, 2.75) is 19.4 Å². The molecule has 6 nitrogen and oxygen atoms in total. The van der Waals surface area contributed by atoms with Gasteiger partial charge >= 0.3 is 0 Å². The van der Waals surface area contributed by atoms with Gasteiger partial charge in [-0.3, -0.25) is 14.6 Å². The van der Waals surface area contributed by atoms with E-state index >= 15 is 0 Å². The molecule has 0 aliphatic rings. The maximum absolute atomic E-state index is 14.1. The van der Waals surface area contributed by atoms with Gasteiger partial charge in [0.1, 0.15) is 5.82 Å². The van der Waals surface area contributed by atoms with E-state index in [1.54, 1.807) is 73.9 Å². The number of aromatic nitrogens is 1. The Balaban J connectivity index is 1.65. The van der Waals surface area contributed by atoms with E-state index < -0.39 is 11.9 Å². The van der Waals surface area contributed by atoms with E-state index in [4.69, 9.17) is 5.73 Å². The molecule has 0 spiro atoms. The minimum atomic E-state index is -0.573. The fraction of sp³-hybridized carbons (Fsp3) is 0.174. The molecule has 2 amide bonds. The van der Waals surface area contributed by atoms with Crippen molar-refractivity contribution in [3.8, 4) is 0 Å². The monoisotopic (exact) mass is 406 g/mol. The lowest BCUT2D eigenvalue weighted by Gasteiger charge is -2.23. The van der Waals surface area contributed by atoms with Crippen molar-refractivity contribution in [2.75, 3.05) is 16.8 Å². The van der Waals surface area contributed by atoms with Crippen LogP contribution in [0.25, 0.3) is 0 Å². The van der Waals surface area contributed by atoms with Gasteiger partial charge in [0.05, 0.1) is 5.69 Å². The normalized spacial score (nSPS) is 11.6. The SMILES string of the molecule is CCN(C(=O)CC(N)c1ccc(C(=O)Nc2ccncc2)cc1)c1ccccc1F. The predicted octanol–water partition coefficient (Wildman–Crippen LogP) is 3.92. The molecule has 0 bridgehead atoms. The van der Waals surface area contributed by atoms with Gasteiger partial charge in [-0.2, -0.15) is 0 Å². The second-order valence-corrected chi connectivity index (χ2v) is 6.71. The summed E-state index contributed by atoms with van der Waals surface area (Å²) in [6.07, 6.45) is 3.20. The molecule has 0 fully saturated rings. The molecule has 1 heterocycles. The third kappa shape index (κ3) is 5.07. The topological polar surface area (TPSA) is 88.3 Å². The van der Waals surface area contributed by atoms with Crippen LogP contribution in [0.5, 0.6) is 0 Å². The van der Waals surface area contributed by atoms with Crippen LogP contribution in [0.4, 0.5) is 15.8 Å². The summed E-state index contributed by atoms with van der Waals surface area (Å²) in [5.74, 6) is -0.977. The van der Waals surface area contributed by atoms with E-state index in [0.29, 0.717) is 23.4 Å². The number of anilines is 2. The number of pyridine rings is 1. The molecule has 1 aromatic heterocycles. The van der Waals surface area contributed by atoms with Crippen LogP contribution >= 0.6 is 0 Å². The second kappa shape index (κ2) is 9.76. The predicted molar refractivity (Wildman–Crippen MR) is 115 cm³/mol. The van der Waals surface area contributed by atoms with Crippen LogP contribution in [0, 0.1) is 5.82 Å². The molecule has 7 heteroatoms. The number of para-hydroxylation sites is 1. The highest BCUT2D eigenvalue weighted by Gasteiger charge is 2.20. The average molecular weight is 406 g/mol. The number of nitrogens with zero attached hydrogens (tertiary/aromatic N) is 2. The first-order valence-corrected chi connectivity index (χ1v) is 9.61. The first-order chi connectivity index (χ1) is 14.5. The zero-order chi connectivity index (χ0) is 21.5. The highest BCUT2D eigenvalue weighted by Crippen LogP contribution is 2.22. The first kappa shape index (κ1) is 21.1. The van der Waals surface area contributed by atoms with Gasteiger partial charge in [0.25, 0.3) is 5.91 Å². The van der Waals surface area contributed by atoms with E-state index in [0.717, 1.165) is 0 Å². The molecule has 0 aliphatic carbocycles. The minimum absolute atomic E-state index is 0.0186. The number of halogens is 1. The summed E-state index contributed by atoms with van der Waals surface area (Å²) in [5, 5.41) is 2.78. The molecular weight excluding hydrogens is 383 g/mol. The van der Waals surface area contributed by atoms with Crippen molar-refractivity contribution in [1.29, 1.82) is 0 Å². The maximum Gasteiger partial charge on any atom is 0.255 e. The van der Waals surface area contributed by atoms with Crippen molar-refractivity contribution in [3.63, 3.8) is 0 Å². The number of rotatable bonds is 7. The van der Waals surface area contributed by atoms with E-state index in [1.807, 2.05) is 0 Å². The molecule has 30 heavy (non-hydrogen) atoms. The summed E-state index contributed by atoms with van der Waals surface area (Å²) in [4.78, 5) is 30.3. The zero-order valence-corrected chi connectivity index (χ0v) is 16.6. The molecule has 1 unspecified atom stereocenters. The standard InChI is InChI=1S/C23H23FN4O2/c1-2-28(21-6-4-3-5-19(21)24)22(29)15-20(25)16-7-9-17(10-8-16)23(30)27-18-11-13-26-14-12-18/h3-14,20H,2,15,25H2,1H3,(H,26,27,30). The number of hydrogen-bond donors (Lipinski definition) is 2. The van der Waals surface area contributed by atoms with Crippen molar-refractivity contribution in [2.24, 2.45) is 5.73 Å². The number of benzene rings is 2. The van der Waals surface area contributed by atoms with Gasteiger partial charge < -0.3 is 16.0 Å². The number of nitrogens with one attached hydrogen (secondary N) is 1. The van der Waals surface area contributed by atoms with Gasteiger partial charge in [-0.1, -0.05) is 24.3 Å². The van der Waals surface area contributed by atoms with Crippen LogP contribution in [0.1, 0.15) is 35.3 Å². The molecular formula is C23H23FN4O2. The van der Waals surface area contributed by atoms with Crippen LogP contribution in [-0.4, -0.2) is 23.3 Å². The third-order valence-electron chi connectivity index (χ3n) is 4.69. The summed E-state index contributed by atoms with van der Waals surface area (Å²) in [7, 11) is 0. The first-order valence-electron chi connectivity index (χ1n) is 9.61. The van der Waals surface area contributed by atoms with E-state index in [9.17, 15) is 14.0 Å². The van der Waals surface area contributed by atoms with Crippen molar-refractivity contribution >= 4 is 23.2 Å². The van der Waals surface area contributed by atoms with Crippen molar-refractivity contribution in [1.82, 2.24) is 4.98 Å². The Kier molecular flexibility index (Phi) is 6.87. The lowest BCUT2D eigenvalue weighted by atomic mass is 10.0. The highest BCUT2D eigenvalue weighted by molar-refractivity contribution is 6.04. The van der Waals surface area contributed by atoms with Gasteiger partial charge in [0.2, 0.25) is 5.91 Å². The number of nitrogens with two attached hydrogens (primary N) is 1. The molecule has 154 valence electrons. The van der Waals surface area contributed by atoms with Crippen LogP contribution < -0.4 is 16.0 Å². The Hall–Kier alpha value is -3.58. The summed E-state index contributed by atoms with van der Waals surface area (Å²) >= 11 is 0. The van der Waals surface area contributed by atoms with Crippen molar-refractivity contribution < 1.29 is 14.0 Å². The molecule has 3 N–H and O–H groups in total. The Labute approximate surface area is 174 Å². The lowest BCUT2D eigenvalue weighted by Crippen LogP contribution is -2.33. The molecule has 0 saturated heterocycles. The Morgan fingerprint density at radius 3 is 2.37 bits per heavy atom. The van der Waals surface area contributed by atoms with Crippen molar-refractivity contribution in [3.05, 3.63) is 90.0 Å². The number of amides is 2. The molecule has 3 rings (SSSR count). The Morgan fingerprint density at radius 1 is 1.07 bits per heavy atom. The summed E-state index contributed by atoms with van der Waals surface area (Å²) in [6.45, 7) is 2.12. The van der Waals surface area contributed by atoms with E-state index in [1.165, 1.54) is 11.0 Å². The lowest BCUT2D eigenvalue weighted by molar-refractivity contribution is -0.119. The number of carbonyl (C=O) groups excluding carboxylic acids is 2. The highest BCUT2D eigenvalue weighted by atomic mass is 19.1. The minimum Gasteiger partial charge on any atom is -0.324 e. The fourth-order valence-corrected chi connectivity index (χ4v) is 3.09. The van der Waals surface area contributed by atoms with Gasteiger partial charge in [-0.15, -0.1) is 0 Å². The van der Waals surface area contributed by atoms with Gasteiger partial charge in [0, 0.05) is 42.7 Å². The summed E-state index contributed by atoms with van der Waals surface area (Å²) in [6, 6.07) is 15.7. The number of hydrogen-bond acceptors (Lipinski definition) is 4. The Bertz CT molecular complexity index is 1010. The summed E-state index contributed by atoms with van der Waals surface area (Å²) in [5.41, 5.74) is 8.27. The van der Waals surface area contributed by atoms with E-state index in [2.05, 4.69) is 10.3 Å². The summed E-state index contributed by atoms with van der Waals surface area (Å²) < 4.78 is 14.1. The molecule has 2 aromatic carbocycles. The van der Waals surface area contributed by atoms with Crippen LogP contribution in [0.15, 0.2) is 73.1 Å². The van der Waals surface area contributed by atoms with Gasteiger partial charge in [0.15, 0.2) is 0 Å². The fourth-order valence-electron chi connectivity index (χ4n) is 3.09. The molecule has 3 aromatic rings. The third-order valence-corrected chi connectivity index (χ3v) is 4.69. The second-order valence-electron chi connectivity index (χ2n) is 6.71. The van der Waals surface area contributed by atoms with Crippen LogP contribution in [0.3, 0.4) is 0 Å². The smallest absolute Gasteiger partial charge is 0.255 e. The zero-order valence-electron chi connectivity index (χ0n) is 16.6. The largest absolute Gasteiger partial charge is 0.324 e.